The highest BCUT2D eigenvalue weighted by molar-refractivity contribution is 9.10. The van der Waals surface area contributed by atoms with E-state index in [1.807, 2.05) is 0 Å². The molecule has 0 atom stereocenters. The molecule has 0 heterocycles. The summed E-state index contributed by atoms with van der Waals surface area (Å²) in [6, 6.07) is 2.47. The number of anilines is 1. The molecule has 1 amide bonds. The van der Waals surface area contributed by atoms with Crippen LogP contribution in [0.2, 0.25) is 5.02 Å². The Kier molecular flexibility index (Phi) is 5.63. The summed E-state index contributed by atoms with van der Waals surface area (Å²) in [6.45, 7) is 0.315. The van der Waals surface area contributed by atoms with Crippen molar-refractivity contribution in [2.45, 2.75) is 38.5 Å². The molecule has 0 unspecified atom stereocenters. The molecule has 6 heteroatoms. The summed E-state index contributed by atoms with van der Waals surface area (Å²) in [7, 11) is 0. The van der Waals surface area contributed by atoms with Crippen LogP contribution < -0.4 is 11.1 Å². The van der Waals surface area contributed by atoms with E-state index in [2.05, 4.69) is 21.2 Å². The minimum absolute atomic E-state index is 0.124. The molecule has 1 saturated carbocycles. The van der Waals surface area contributed by atoms with Gasteiger partial charge in [0.15, 0.2) is 0 Å². The second-order valence-corrected chi connectivity index (χ2v) is 6.86. The van der Waals surface area contributed by atoms with Crippen molar-refractivity contribution in [3.05, 3.63) is 27.4 Å². The molecular formula is C15H19BrClFN2O. The van der Waals surface area contributed by atoms with Gasteiger partial charge >= 0.3 is 0 Å². The van der Waals surface area contributed by atoms with Gasteiger partial charge in [-0.2, -0.15) is 0 Å². The summed E-state index contributed by atoms with van der Waals surface area (Å²) >= 11 is 9.26. The lowest BCUT2D eigenvalue weighted by Gasteiger charge is -2.30. The summed E-state index contributed by atoms with van der Waals surface area (Å²) in [5.41, 5.74) is 5.75. The lowest BCUT2D eigenvalue weighted by atomic mass is 9.79. The second-order valence-electron chi connectivity index (χ2n) is 5.60. The van der Waals surface area contributed by atoms with Crippen molar-refractivity contribution < 1.29 is 9.18 Å². The summed E-state index contributed by atoms with van der Waals surface area (Å²) in [5.74, 6) is -0.575. The number of carbonyl (C=O) groups is 1. The van der Waals surface area contributed by atoms with Gasteiger partial charge in [-0.05, 0) is 40.9 Å². The first kappa shape index (κ1) is 16.7. The van der Waals surface area contributed by atoms with Crippen LogP contribution in [0.15, 0.2) is 16.6 Å². The number of nitrogens with two attached hydrogens (primary N) is 1. The van der Waals surface area contributed by atoms with Crippen molar-refractivity contribution >= 4 is 39.1 Å². The maximum Gasteiger partial charge on any atom is 0.231 e. The van der Waals surface area contributed by atoms with Gasteiger partial charge in [0, 0.05) is 11.0 Å². The van der Waals surface area contributed by atoms with Gasteiger partial charge in [-0.25, -0.2) is 4.39 Å². The Hall–Kier alpha value is -0.650. The highest BCUT2D eigenvalue weighted by Crippen LogP contribution is 2.38. The van der Waals surface area contributed by atoms with E-state index in [1.54, 1.807) is 0 Å². The van der Waals surface area contributed by atoms with Gasteiger partial charge in [-0.3, -0.25) is 4.79 Å². The normalized spacial score (nSPS) is 18.1. The van der Waals surface area contributed by atoms with Gasteiger partial charge < -0.3 is 11.1 Å². The molecule has 0 saturated heterocycles. The Morgan fingerprint density at radius 2 is 1.95 bits per heavy atom. The average molecular weight is 378 g/mol. The van der Waals surface area contributed by atoms with Gasteiger partial charge in [0.05, 0.1) is 16.1 Å². The number of benzene rings is 1. The molecule has 1 fully saturated rings. The molecule has 0 aliphatic heterocycles. The maximum atomic E-state index is 13.2. The summed E-state index contributed by atoms with van der Waals surface area (Å²) in [4.78, 5) is 12.7. The predicted octanol–water partition coefficient (Wildman–Crippen LogP) is 4.48. The lowest BCUT2D eigenvalue weighted by molar-refractivity contribution is -0.125. The number of hydrogen-bond acceptors (Lipinski definition) is 2. The molecule has 1 aromatic carbocycles. The largest absolute Gasteiger partial charge is 0.329 e. The van der Waals surface area contributed by atoms with Crippen LogP contribution in [0.4, 0.5) is 10.1 Å². The van der Waals surface area contributed by atoms with E-state index in [-0.39, 0.29) is 10.9 Å². The number of carbonyl (C=O) groups excluding carboxylic acids is 1. The van der Waals surface area contributed by atoms with Crippen LogP contribution in [-0.2, 0) is 4.79 Å². The van der Waals surface area contributed by atoms with E-state index in [4.69, 9.17) is 17.3 Å². The van der Waals surface area contributed by atoms with Gasteiger partial charge in [-0.15, -0.1) is 0 Å². The van der Waals surface area contributed by atoms with Crippen molar-refractivity contribution in [3.8, 4) is 0 Å². The first-order chi connectivity index (χ1) is 9.98. The van der Waals surface area contributed by atoms with Crippen LogP contribution in [0.3, 0.4) is 0 Å². The van der Waals surface area contributed by atoms with E-state index < -0.39 is 11.2 Å². The van der Waals surface area contributed by atoms with Crippen LogP contribution in [-0.4, -0.2) is 12.5 Å². The molecule has 0 aromatic heterocycles. The molecule has 3 N–H and O–H groups in total. The monoisotopic (exact) mass is 376 g/mol. The van der Waals surface area contributed by atoms with Crippen LogP contribution in [0.5, 0.6) is 0 Å². The van der Waals surface area contributed by atoms with Crippen LogP contribution in [0.1, 0.15) is 38.5 Å². The van der Waals surface area contributed by atoms with Crippen molar-refractivity contribution in [2.24, 2.45) is 11.1 Å². The molecule has 116 valence electrons. The zero-order valence-corrected chi connectivity index (χ0v) is 14.1. The molecule has 3 nitrogen and oxygen atoms in total. The molecule has 0 bridgehead atoms. The van der Waals surface area contributed by atoms with Gasteiger partial charge in [0.2, 0.25) is 5.91 Å². The van der Waals surface area contributed by atoms with Gasteiger partial charge in [0.25, 0.3) is 0 Å². The number of rotatable bonds is 3. The standard InChI is InChI=1S/C15H19BrClFN2O/c16-11-7-10(18)8-12(17)13(11)20-14(21)15(9-19)5-3-1-2-4-6-15/h7-8H,1-6,9,19H2,(H,20,21). The van der Waals surface area contributed by atoms with Crippen molar-refractivity contribution in [3.63, 3.8) is 0 Å². The fourth-order valence-electron chi connectivity index (χ4n) is 2.84. The predicted molar refractivity (Wildman–Crippen MR) is 86.9 cm³/mol. The van der Waals surface area contributed by atoms with E-state index >= 15 is 0 Å². The average Bonchev–Trinajstić information content (AvgIpc) is 2.68. The Balaban J connectivity index is 2.23. The zero-order chi connectivity index (χ0) is 15.5. The Bertz CT molecular complexity index is 507. The van der Waals surface area contributed by atoms with Crippen molar-refractivity contribution in [2.75, 3.05) is 11.9 Å². The third kappa shape index (κ3) is 3.76. The Morgan fingerprint density at radius 1 is 1.33 bits per heavy atom. The molecule has 0 spiro atoms. The number of amides is 1. The first-order valence-corrected chi connectivity index (χ1v) is 8.32. The van der Waals surface area contributed by atoms with E-state index in [1.165, 1.54) is 12.1 Å². The molecule has 1 aliphatic rings. The Morgan fingerprint density at radius 3 is 2.48 bits per heavy atom. The third-order valence-corrected chi connectivity index (χ3v) is 5.10. The highest BCUT2D eigenvalue weighted by Gasteiger charge is 2.37. The minimum atomic E-state index is -0.548. The zero-order valence-electron chi connectivity index (χ0n) is 11.7. The molecule has 0 radical (unpaired) electrons. The topological polar surface area (TPSA) is 55.1 Å². The van der Waals surface area contributed by atoms with E-state index in [0.717, 1.165) is 38.5 Å². The van der Waals surface area contributed by atoms with Crippen LogP contribution in [0, 0.1) is 11.2 Å². The molecular weight excluding hydrogens is 359 g/mol. The Labute approximate surface area is 137 Å². The minimum Gasteiger partial charge on any atom is -0.329 e. The van der Waals surface area contributed by atoms with Crippen molar-refractivity contribution in [1.82, 2.24) is 0 Å². The lowest BCUT2D eigenvalue weighted by Crippen LogP contribution is -2.42. The second kappa shape index (κ2) is 7.07. The SMILES string of the molecule is NCC1(C(=O)Nc2c(Cl)cc(F)cc2Br)CCCCCC1. The van der Waals surface area contributed by atoms with E-state index in [0.29, 0.717) is 16.7 Å². The number of nitrogens with one attached hydrogen (secondary N) is 1. The van der Waals surface area contributed by atoms with Gasteiger partial charge in [0.1, 0.15) is 5.82 Å². The van der Waals surface area contributed by atoms with Gasteiger partial charge in [-0.1, -0.05) is 37.3 Å². The molecule has 21 heavy (non-hydrogen) atoms. The number of hydrogen-bond donors (Lipinski definition) is 2. The summed E-state index contributed by atoms with van der Waals surface area (Å²) < 4.78 is 13.7. The smallest absolute Gasteiger partial charge is 0.231 e. The first-order valence-electron chi connectivity index (χ1n) is 7.14. The third-order valence-electron chi connectivity index (χ3n) is 4.18. The van der Waals surface area contributed by atoms with Crippen molar-refractivity contribution in [1.29, 1.82) is 0 Å². The fourth-order valence-corrected chi connectivity index (χ4v) is 3.74. The highest BCUT2D eigenvalue weighted by atomic mass is 79.9. The maximum absolute atomic E-state index is 13.2. The van der Waals surface area contributed by atoms with Crippen LogP contribution >= 0.6 is 27.5 Å². The fraction of sp³-hybridized carbons (Fsp3) is 0.533. The number of halogens is 3. The quantitative estimate of drug-likeness (QED) is 0.763. The van der Waals surface area contributed by atoms with E-state index in [9.17, 15) is 9.18 Å². The van der Waals surface area contributed by atoms with Crippen LogP contribution in [0.25, 0.3) is 0 Å². The summed E-state index contributed by atoms with van der Waals surface area (Å²) in [6.07, 6.45) is 5.84. The summed E-state index contributed by atoms with van der Waals surface area (Å²) in [5, 5.41) is 3.01. The molecule has 1 aromatic rings. The molecule has 1 aliphatic carbocycles. The molecule has 2 rings (SSSR count).